The van der Waals surface area contributed by atoms with Crippen molar-refractivity contribution in [2.45, 2.75) is 105 Å². The Morgan fingerprint density at radius 2 is 0.735 bits per heavy atom. The summed E-state index contributed by atoms with van der Waals surface area (Å²) < 4.78 is 285. The van der Waals surface area contributed by atoms with Crippen molar-refractivity contribution < 1.29 is 132 Å². The van der Waals surface area contributed by atoms with Gasteiger partial charge in [-0.25, -0.2) is 35.1 Å². The predicted molar refractivity (Wildman–Crippen MR) is 267 cm³/mol. The van der Waals surface area contributed by atoms with Gasteiger partial charge >= 0.3 is 69.6 Å². The molecule has 0 aromatic rings. The number of hydrogen-bond donors (Lipinski definition) is 0. The second kappa shape index (κ2) is 37.6. The van der Waals surface area contributed by atoms with E-state index in [1.807, 2.05) is 0 Å². The summed E-state index contributed by atoms with van der Waals surface area (Å²) in [6.45, 7) is -0.621. The van der Waals surface area contributed by atoms with Crippen molar-refractivity contribution >= 4 is 224 Å². The topological polar surface area (TPSA) is 138 Å². The molecule has 0 amide bonds. The average molecular weight is 1570 g/mol. The van der Waals surface area contributed by atoms with Gasteiger partial charge in [0, 0.05) is 179 Å². The molecule has 0 aliphatic rings. The first kappa shape index (κ1) is 80.7. The fourth-order valence-electron chi connectivity index (χ4n) is 2.70. The van der Waals surface area contributed by atoms with E-state index in [4.69, 9.17) is 56.2 Å². The van der Waals surface area contributed by atoms with Crippen LogP contribution in [0.1, 0.15) is 39.5 Å². The molecule has 0 aliphatic carbocycles. The van der Waals surface area contributed by atoms with Gasteiger partial charge in [-0.1, -0.05) is 0 Å². The van der Waals surface area contributed by atoms with E-state index in [0.29, 0.717) is 6.92 Å². The Morgan fingerprint density at radius 1 is 0.515 bits per heavy atom. The summed E-state index contributed by atoms with van der Waals surface area (Å²) in [7, 11) is 2.13. The Hall–Kier alpha value is 3.87. The Kier molecular flexibility index (Phi) is 44.7. The monoisotopic (exact) mass is 1570 g/mol. The SMILES string of the molecule is CC(F)(F)CC(F)(F)CC[Si](C)(Cl)Cl.CC(F)(F)CC(F)(F)CC[Si](C)(OS(=O)(=O)C(F)(F)F)OS(=O)(=O)C(F)(F)F.O=[S-](=O)C(F)(F)F.S=S=S=S=S=S=S=S=S=S=S=S=S=S=S=S=S.[O]=[Ag]. The van der Waals surface area contributed by atoms with Crippen LogP contribution in [0.3, 0.4) is 0 Å². The molecule has 0 aliphatic heterocycles. The molecule has 51 heteroatoms. The summed E-state index contributed by atoms with van der Waals surface area (Å²) in [4.78, 5) is 0. The molecule has 0 fully saturated rings. The van der Waals surface area contributed by atoms with E-state index < -0.39 is 118 Å². The van der Waals surface area contributed by atoms with Gasteiger partial charge < -0.3 is 8.42 Å². The van der Waals surface area contributed by atoms with Gasteiger partial charge in [0.05, 0.1) is 12.8 Å². The molecule has 0 bridgehead atoms. The van der Waals surface area contributed by atoms with E-state index in [9.17, 15) is 91.5 Å². The zero-order valence-corrected chi connectivity index (χ0v) is 53.4. The van der Waals surface area contributed by atoms with Gasteiger partial charge in [-0.2, -0.15) is 56.3 Å². The molecule has 0 heterocycles. The number of rotatable bonds is 14. The molecular formula is C17H24AgCl2F17O9S20Si2-. The van der Waals surface area contributed by atoms with Crippen molar-refractivity contribution in [3.63, 3.8) is 0 Å². The van der Waals surface area contributed by atoms with Gasteiger partial charge in [0.25, 0.3) is 23.7 Å². The molecule has 0 rings (SSSR count). The molecule has 0 aromatic heterocycles. The Labute approximate surface area is 454 Å². The first-order valence-electron chi connectivity index (χ1n) is 14.6. The van der Waals surface area contributed by atoms with E-state index in [1.165, 1.54) is 24.3 Å². The number of hydrogen-bond acceptors (Lipinski definition) is 12. The summed E-state index contributed by atoms with van der Waals surface area (Å²) in [5.41, 5.74) is -17.6. The zero-order valence-electron chi connectivity index (χ0n) is 32.1. The summed E-state index contributed by atoms with van der Waals surface area (Å²) >= 11 is 22.4. The van der Waals surface area contributed by atoms with Crippen LogP contribution in [0, 0.1) is 0 Å². The molecule has 0 radical (unpaired) electrons. The molecule has 0 aromatic carbocycles. The Bertz CT molecular complexity index is 2460. The van der Waals surface area contributed by atoms with Crippen LogP contribution in [0.2, 0.25) is 25.2 Å². The van der Waals surface area contributed by atoms with Crippen molar-refractivity contribution in [3.8, 4) is 0 Å². The zero-order chi connectivity index (χ0) is 55.3. The van der Waals surface area contributed by atoms with Gasteiger partial charge in [-0.15, -0.1) is 22.2 Å². The van der Waals surface area contributed by atoms with Crippen molar-refractivity contribution in [3.05, 3.63) is 0 Å². The van der Waals surface area contributed by atoms with Gasteiger partial charge in [0.1, 0.15) is 0 Å². The van der Waals surface area contributed by atoms with Crippen LogP contribution in [0.4, 0.5) is 74.6 Å². The molecule has 68 heavy (non-hydrogen) atoms. The number of halogens is 19. The maximum atomic E-state index is 13.5. The van der Waals surface area contributed by atoms with Gasteiger partial charge in [-0.3, -0.25) is 7.74 Å². The van der Waals surface area contributed by atoms with Crippen LogP contribution in [-0.2, 0) is 227 Å². The fraction of sp³-hybridized carbons (Fsp3) is 1.00. The van der Waals surface area contributed by atoms with E-state index in [-0.39, 0.29) is 19.5 Å². The van der Waals surface area contributed by atoms with Crippen LogP contribution >= 0.6 is 22.2 Å². The first-order valence-corrected chi connectivity index (χ1v) is 47.6. The van der Waals surface area contributed by atoms with Crippen LogP contribution in [0.25, 0.3) is 0 Å². The second-order valence-corrected chi connectivity index (χ2v) is 53.6. The van der Waals surface area contributed by atoms with E-state index in [0.717, 1.165) is 0 Å². The summed E-state index contributed by atoms with van der Waals surface area (Å²) in [5, 5.41) is 0. The standard InChI is InChI=1S/C9H12F10O6S2Si.C7H12Cl2F4Si.CF3O2S.Ag.O.S17/c1-6(10,11)5-7(12,13)3-4-28(2,24-26(20,21)8(14,15)16)25-27(22,23)9(17,18)19;1-6(10,11)5-7(12,13)3-4-14(2,8)9;2-1(3,4)7(5)6;;;1-3-5-7-9-11-13-15-17-16-14-12-10-8-6-4-2/h3-5H2,1-2H3;3-5H2,1-2H3;;;;/q;;-1;;;. The second-order valence-electron chi connectivity index (χ2n) is 11.1. The summed E-state index contributed by atoms with van der Waals surface area (Å²) in [6, 6.07) is -1.90. The van der Waals surface area contributed by atoms with Crippen molar-refractivity contribution in [2.24, 2.45) is 0 Å². The van der Waals surface area contributed by atoms with Crippen LogP contribution in [-0.4, -0.2) is 72.3 Å². The number of alkyl halides is 17. The van der Waals surface area contributed by atoms with E-state index in [2.05, 4.69) is 7.74 Å². The maximum absolute atomic E-state index is 13.5. The third-order valence-electron chi connectivity index (χ3n) is 4.73. The van der Waals surface area contributed by atoms with E-state index >= 15 is 0 Å². The summed E-state index contributed by atoms with van der Waals surface area (Å²) in [5.74, 6) is -15.2. The molecule has 9 nitrogen and oxygen atoms in total. The molecule has 0 N–H and O–H groups in total. The van der Waals surface area contributed by atoms with Crippen molar-refractivity contribution in [1.29, 1.82) is 0 Å². The predicted octanol–water partition coefficient (Wildman–Crippen LogP) is 9.12. The van der Waals surface area contributed by atoms with Gasteiger partial charge in [0.2, 0.25) is 6.69 Å². The van der Waals surface area contributed by atoms with Crippen LogP contribution in [0.5, 0.6) is 0 Å². The molecule has 0 unspecified atom stereocenters. The molecule has 0 saturated heterocycles. The fourth-order valence-corrected chi connectivity index (χ4v) is 46.1. The van der Waals surface area contributed by atoms with Gasteiger partial charge in [0.15, 0.2) is 0 Å². The first-order chi connectivity index (χ1) is 30.1. The molecule has 0 spiro atoms. The molecular weight excluding hydrogens is 1550 g/mol. The van der Waals surface area contributed by atoms with Gasteiger partial charge in [-0.05, 0) is 39.0 Å². The van der Waals surface area contributed by atoms with Crippen LogP contribution < -0.4 is 0 Å². The Balaban J connectivity index is -0.000000282. The minimum atomic E-state index is -6.76. The average Bonchev–Trinajstić information content (AvgIpc) is 3.10. The van der Waals surface area contributed by atoms with Crippen molar-refractivity contribution in [1.82, 2.24) is 0 Å². The minimum absolute atomic E-state index is 0.0136. The molecule has 0 saturated carbocycles. The molecule has 419 valence electrons. The summed E-state index contributed by atoms with van der Waals surface area (Å²) in [6.07, 6.45) is -6.27. The normalized spacial score (nSPS) is 12.7. The molecule has 0 atom stereocenters. The van der Waals surface area contributed by atoms with E-state index in [1.54, 1.807) is 136 Å². The Morgan fingerprint density at radius 3 is 0.912 bits per heavy atom. The third-order valence-corrected chi connectivity index (χ3v) is 45.3. The third kappa shape index (κ3) is 52.0. The van der Waals surface area contributed by atoms with Crippen molar-refractivity contribution in [2.75, 3.05) is 0 Å². The van der Waals surface area contributed by atoms with Crippen LogP contribution in [0.15, 0.2) is 0 Å². The quantitative estimate of drug-likeness (QED) is 0.0542.